The third-order valence-corrected chi connectivity index (χ3v) is 2.23. The molecular formula is C12H18N2O2. The Kier molecular flexibility index (Phi) is 5.36. The first-order valence-corrected chi connectivity index (χ1v) is 5.35. The third-order valence-electron chi connectivity index (χ3n) is 2.23. The molecule has 1 N–H and O–H groups in total. The topological polar surface area (TPSA) is 45.5 Å². The summed E-state index contributed by atoms with van der Waals surface area (Å²) in [6, 6.07) is 3.60. The maximum absolute atomic E-state index is 11.6. The summed E-state index contributed by atoms with van der Waals surface area (Å²) in [6.45, 7) is 1.67. The number of likely N-dealkylation sites (N-methyl/N-ethyl adjacent to an activating group) is 1. The van der Waals surface area contributed by atoms with E-state index in [9.17, 15) is 4.79 Å². The first-order chi connectivity index (χ1) is 7.74. The van der Waals surface area contributed by atoms with Crippen LogP contribution in [0, 0.1) is 0 Å². The summed E-state index contributed by atoms with van der Waals surface area (Å²) in [5.41, 5.74) is 0. The zero-order valence-corrected chi connectivity index (χ0v) is 9.77. The molecule has 1 aromatic rings. The van der Waals surface area contributed by atoms with E-state index in [2.05, 4.69) is 5.32 Å². The number of hydrogen-bond donors (Lipinski definition) is 1. The Bertz CT molecular complexity index is 331. The second-order valence-electron chi connectivity index (χ2n) is 3.57. The average molecular weight is 222 g/mol. The quantitative estimate of drug-likeness (QED) is 0.584. The highest BCUT2D eigenvalue weighted by molar-refractivity contribution is 5.91. The lowest BCUT2D eigenvalue weighted by Gasteiger charge is -2.14. The van der Waals surface area contributed by atoms with Crippen LogP contribution >= 0.6 is 0 Å². The van der Waals surface area contributed by atoms with Crippen molar-refractivity contribution in [3.05, 3.63) is 30.2 Å². The summed E-state index contributed by atoms with van der Waals surface area (Å²) < 4.78 is 5.09. The number of furan rings is 1. The highest BCUT2D eigenvalue weighted by atomic mass is 16.3. The van der Waals surface area contributed by atoms with E-state index in [0.717, 1.165) is 19.5 Å². The van der Waals surface area contributed by atoms with Crippen LogP contribution in [0.1, 0.15) is 12.2 Å². The fourth-order valence-electron chi connectivity index (χ4n) is 1.27. The average Bonchev–Trinajstić information content (AvgIpc) is 2.79. The molecule has 88 valence electrons. The van der Waals surface area contributed by atoms with Gasteiger partial charge in [-0.25, -0.2) is 0 Å². The Balaban J connectivity index is 2.34. The molecule has 0 aliphatic rings. The molecule has 0 radical (unpaired) electrons. The number of nitrogens with one attached hydrogen (secondary N) is 1. The van der Waals surface area contributed by atoms with Crippen LogP contribution in [0.5, 0.6) is 0 Å². The predicted molar refractivity (Wildman–Crippen MR) is 63.9 cm³/mol. The maximum atomic E-state index is 11.6. The lowest BCUT2D eigenvalue weighted by molar-refractivity contribution is -0.124. The molecule has 0 atom stereocenters. The van der Waals surface area contributed by atoms with Gasteiger partial charge in [0, 0.05) is 19.7 Å². The number of nitrogens with zero attached hydrogens (tertiary/aromatic N) is 1. The standard InChI is InChI=1S/C12H18N2O2/c1-13-8-4-9-14(2)12(15)7-6-11-5-3-10-16-11/h3,5-7,10,13H,4,8-9H2,1-2H3. The van der Waals surface area contributed by atoms with Gasteiger partial charge in [0.2, 0.25) is 5.91 Å². The molecule has 0 aliphatic carbocycles. The van der Waals surface area contributed by atoms with Crippen molar-refractivity contribution in [1.29, 1.82) is 0 Å². The Morgan fingerprint density at radius 3 is 3.06 bits per heavy atom. The van der Waals surface area contributed by atoms with Crippen molar-refractivity contribution in [2.45, 2.75) is 6.42 Å². The van der Waals surface area contributed by atoms with E-state index in [4.69, 9.17) is 4.42 Å². The summed E-state index contributed by atoms with van der Waals surface area (Å²) in [6.07, 6.45) is 5.74. The van der Waals surface area contributed by atoms with Gasteiger partial charge < -0.3 is 14.6 Å². The Morgan fingerprint density at radius 2 is 2.44 bits per heavy atom. The molecule has 0 aromatic carbocycles. The van der Waals surface area contributed by atoms with E-state index in [1.54, 1.807) is 30.4 Å². The van der Waals surface area contributed by atoms with Gasteiger partial charge in [0.15, 0.2) is 0 Å². The summed E-state index contributed by atoms with van der Waals surface area (Å²) in [7, 11) is 3.70. The van der Waals surface area contributed by atoms with Crippen molar-refractivity contribution < 1.29 is 9.21 Å². The lowest BCUT2D eigenvalue weighted by atomic mass is 10.3. The Labute approximate surface area is 95.9 Å². The van der Waals surface area contributed by atoms with Gasteiger partial charge in [-0.2, -0.15) is 0 Å². The summed E-state index contributed by atoms with van der Waals surface area (Å²) in [5, 5.41) is 3.05. The molecule has 0 saturated heterocycles. The minimum atomic E-state index is -0.00694. The minimum Gasteiger partial charge on any atom is -0.465 e. The summed E-state index contributed by atoms with van der Waals surface area (Å²) in [5.74, 6) is 0.685. The van der Waals surface area contributed by atoms with Gasteiger partial charge in [0.1, 0.15) is 5.76 Å². The summed E-state index contributed by atoms with van der Waals surface area (Å²) in [4.78, 5) is 13.3. The monoisotopic (exact) mass is 222 g/mol. The molecule has 1 rings (SSSR count). The molecule has 0 spiro atoms. The zero-order valence-electron chi connectivity index (χ0n) is 9.77. The minimum absolute atomic E-state index is 0.00694. The molecule has 16 heavy (non-hydrogen) atoms. The predicted octanol–water partition coefficient (Wildman–Crippen LogP) is 1.36. The second-order valence-corrected chi connectivity index (χ2v) is 3.57. The molecular weight excluding hydrogens is 204 g/mol. The van der Waals surface area contributed by atoms with E-state index >= 15 is 0 Å². The fourth-order valence-corrected chi connectivity index (χ4v) is 1.27. The van der Waals surface area contributed by atoms with Crippen LogP contribution in [-0.2, 0) is 4.79 Å². The van der Waals surface area contributed by atoms with Gasteiger partial charge in [0.05, 0.1) is 6.26 Å². The van der Waals surface area contributed by atoms with Crippen molar-refractivity contribution in [2.75, 3.05) is 27.2 Å². The van der Waals surface area contributed by atoms with Crippen LogP contribution < -0.4 is 5.32 Å². The van der Waals surface area contributed by atoms with Crippen LogP contribution in [0.2, 0.25) is 0 Å². The highest BCUT2D eigenvalue weighted by Gasteiger charge is 2.03. The molecule has 0 aliphatic heterocycles. The molecule has 1 aromatic heterocycles. The Hall–Kier alpha value is -1.55. The van der Waals surface area contributed by atoms with E-state index in [0.29, 0.717) is 5.76 Å². The summed E-state index contributed by atoms with van der Waals surface area (Å²) >= 11 is 0. The number of hydrogen-bond acceptors (Lipinski definition) is 3. The fraction of sp³-hybridized carbons (Fsp3) is 0.417. The molecule has 0 saturated carbocycles. The first-order valence-electron chi connectivity index (χ1n) is 5.35. The normalized spacial score (nSPS) is 10.9. The molecule has 4 nitrogen and oxygen atoms in total. The van der Waals surface area contributed by atoms with E-state index < -0.39 is 0 Å². The van der Waals surface area contributed by atoms with Gasteiger partial charge in [-0.05, 0) is 38.2 Å². The van der Waals surface area contributed by atoms with E-state index in [-0.39, 0.29) is 5.91 Å². The molecule has 0 bridgehead atoms. The SMILES string of the molecule is CNCCCN(C)C(=O)C=Cc1ccco1. The van der Waals surface area contributed by atoms with Crippen molar-refractivity contribution in [2.24, 2.45) is 0 Å². The largest absolute Gasteiger partial charge is 0.465 e. The maximum Gasteiger partial charge on any atom is 0.246 e. The second kappa shape index (κ2) is 6.85. The van der Waals surface area contributed by atoms with Gasteiger partial charge >= 0.3 is 0 Å². The number of carbonyl (C=O) groups is 1. The van der Waals surface area contributed by atoms with Crippen molar-refractivity contribution in [3.63, 3.8) is 0 Å². The van der Waals surface area contributed by atoms with Crippen molar-refractivity contribution in [1.82, 2.24) is 10.2 Å². The molecule has 1 heterocycles. The zero-order chi connectivity index (χ0) is 11.8. The van der Waals surface area contributed by atoms with Gasteiger partial charge in [-0.15, -0.1) is 0 Å². The Morgan fingerprint density at radius 1 is 1.62 bits per heavy atom. The van der Waals surface area contributed by atoms with E-state index in [1.807, 2.05) is 13.1 Å². The van der Waals surface area contributed by atoms with Crippen LogP contribution in [0.3, 0.4) is 0 Å². The highest BCUT2D eigenvalue weighted by Crippen LogP contribution is 2.02. The third kappa shape index (κ3) is 4.31. The molecule has 1 amide bonds. The van der Waals surface area contributed by atoms with E-state index in [1.165, 1.54) is 6.08 Å². The van der Waals surface area contributed by atoms with Crippen molar-refractivity contribution in [3.8, 4) is 0 Å². The van der Waals surface area contributed by atoms with Crippen LogP contribution in [0.25, 0.3) is 6.08 Å². The molecule has 4 heteroatoms. The van der Waals surface area contributed by atoms with Crippen LogP contribution in [0.4, 0.5) is 0 Å². The smallest absolute Gasteiger partial charge is 0.246 e. The molecule has 0 unspecified atom stereocenters. The lowest BCUT2D eigenvalue weighted by Crippen LogP contribution is -2.27. The van der Waals surface area contributed by atoms with Crippen molar-refractivity contribution >= 4 is 12.0 Å². The molecule has 0 fully saturated rings. The van der Waals surface area contributed by atoms with Crippen LogP contribution in [0.15, 0.2) is 28.9 Å². The van der Waals surface area contributed by atoms with Gasteiger partial charge in [-0.3, -0.25) is 4.79 Å². The van der Waals surface area contributed by atoms with Crippen LogP contribution in [-0.4, -0.2) is 38.0 Å². The number of carbonyl (C=O) groups excluding carboxylic acids is 1. The first kappa shape index (κ1) is 12.5. The van der Waals surface area contributed by atoms with Gasteiger partial charge in [0.25, 0.3) is 0 Å². The number of rotatable bonds is 6. The van der Waals surface area contributed by atoms with Gasteiger partial charge in [-0.1, -0.05) is 0 Å². The number of amides is 1.